The summed E-state index contributed by atoms with van der Waals surface area (Å²) in [4.78, 5) is 44.5. The molecule has 2 atom stereocenters. The summed E-state index contributed by atoms with van der Waals surface area (Å²) in [5.74, 6) is -0.254. The molecule has 176 valence electrons. The lowest BCUT2D eigenvalue weighted by Crippen LogP contribution is -2.30. The molecule has 1 saturated carbocycles. The molecule has 8 heteroatoms. The molecule has 1 aliphatic heterocycles. The zero-order chi connectivity index (χ0) is 23.8. The van der Waals surface area contributed by atoms with Gasteiger partial charge in [0, 0.05) is 5.69 Å². The van der Waals surface area contributed by atoms with Crippen molar-refractivity contribution in [2.24, 2.45) is 11.8 Å². The molecule has 6 nitrogen and oxygen atoms in total. The van der Waals surface area contributed by atoms with Crippen LogP contribution >= 0.6 is 23.1 Å². The first-order chi connectivity index (χ1) is 16.5. The Hall–Kier alpha value is -2.71. The van der Waals surface area contributed by atoms with E-state index >= 15 is 0 Å². The predicted octanol–water partition coefficient (Wildman–Crippen LogP) is 5.58. The molecule has 1 aromatic heterocycles. The number of carbonyl (C=O) groups is 3. The van der Waals surface area contributed by atoms with Gasteiger partial charge >= 0.3 is 0 Å². The summed E-state index contributed by atoms with van der Waals surface area (Å²) in [5.41, 5.74) is 4.50. The minimum atomic E-state index is -0.162. The molecular formula is C26H27N3O3S2. The second-order valence-electron chi connectivity index (χ2n) is 8.94. The number of para-hydroxylation sites is 1. The number of fused-ring (bicyclic) bond motifs is 2. The second kappa shape index (κ2) is 9.50. The van der Waals surface area contributed by atoms with Crippen molar-refractivity contribution in [1.82, 2.24) is 4.98 Å². The average Bonchev–Trinajstić information content (AvgIpc) is 3.36. The normalized spacial score (nSPS) is 20.1. The van der Waals surface area contributed by atoms with Crippen LogP contribution < -0.4 is 10.2 Å². The maximum Gasteiger partial charge on any atom is 0.237 e. The largest absolute Gasteiger partial charge is 0.325 e. The Morgan fingerprint density at radius 3 is 2.59 bits per heavy atom. The van der Waals surface area contributed by atoms with Gasteiger partial charge in [0.15, 0.2) is 4.34 Å². The minimum Gasteiger partial charge on any atom is -0.325 e. The number of imide groups is 1. The molecule has 2 aliphatic rings. The molecule has 2 aromatic carbocycles. The Balaban J connectivity index is 1.29. The number of thiazole rings is 1. The van der Waals surface area contributed by atoms with Gasteiger partial charge in [-0.15, -0.1) is 11.3 Å². The molecule has 0 unspecified atom stereocenters. The number of nitrogens with one attached hydrogen (secondary N) is 1. The Bertz CT molecular complexity index is 1260. The Labute approximate surface area is 207 Å². The van der Waals surface area contributed by atoms with Crippen LogP contribution in [0.5, 0.6) is 0 Å². The van der Waals surface area contributed by atoms with E-state index < -0.39 is 0 Å². The number of aryl methyl sites for hydroxylation is 2. The molecule has 0 spiro atoms. The van der Waals surface area contributed by atoms with Crippen molar-refractivity contribution in [2.45, 2.75) is 50.3 Å². The fraction of sp³-hybridized carbons (Fsp3) is 0.385. The van der Waals surface area contributed by atoms with Gasteiger partial charge in [-0.25, -0.2) is 4.98 Å². The average molecular weight is 494 g/mol. The molecule has 2 fully saturated rings. The van der Waals surface area contributed by atoms with Gasteiger partial charge < -0.3 is 5.32 Å². The molecule has 2 heterocycles. The fourth-order valence-corrected chi connectivity index (χ4v) is 6.92. The summed E-state index contributed by atoms with van der Waals surface area (Å²) in [7, 11) is 0. The summed E-state index contributed by atoms with van der Waals surface area (Å²) in [5, 5.41) is 3.05. The van der Waals surface area contributed by atoms with E-state index in [1.165, 1.54) is 28.0 Å². The van der Waals surface area contributed by atoms with Gasteiger partial charge in [0.05, 0.1) is 33.5 Å². The van der Waals surface area contributed by atoms with Gasteiger partial charge in [-0.2, -0.15) is 0 Å². The summed E-state index contributed by atoms with van der Waals surface area (Å²) in [6, 6.07) is 11.6. The van der Waals surface area contributed by atoms with E-state index in [0.29, 0.717) is 5.69 Å². The van der Waals surface area contributed by atoms with Crippen molar-refractivity contribution in [3.05, 3.63) is 47.5 Å². The number of rotatable bonds is 6. The second-order valence-corrected chi connectivity index (χ2v) is 11.2. The summed E-state index contributed by atoms with van der Waals surface area (Å²) in [6.07, 6.45) is 4.49. The molecule has 0 radical (unpaired) electrons. The highest BCUT2D eigenvalue weighted by atomic mass is 32.2. The standard InChI is InChI=1S/C26H27N3O3S2/c1-3-16-8-6-7-15(2)23(16)28-22(30)14-33-26-27-20-12-11-17(13-21(20)34-26)29-24(31)18-9-4-5-10-19(18)25(29)32/h6-8,11-13,18-19H,3-5,9-10,14H2,1-2H3,(H,28,30)/t18-,19+. The number of hydrogen-bond acceptors (Lipinski definition) is 6. The molecule has 3 aromatic rings. The van der Waals surface area contributed by atoms with E-state index in [2.05, 4.69) is 17.2 Å². The Morgan fingerprint density at radius 1 is 1.15 bits per heavy atom. The first-order valence-electron chi connectivity index (χ1n) is 11.8. The predicted molar refractivity (Wildman–Crippen MR) is 137 cm³/mol. The number of anilines is 2. The molecule has 5 rings (SSSR count). The van der Waals surface area contributed by atoms with E-state index in [9.17, 15) is 14.4 Å². The Kier molecular flexibility index (Phi) is 6.44. The lowest BCUT2D eigenvalue weighted by Gasteiger charge is -2.19. The van der Waals surface area contributed by atoms with Crippen LogP contribution in [0.4, 0.5) is 11.4 Å². The van der Waals surface area contributed by atoms with Crippen molar-refractivity contribution in [3.8, 4) is 0 Å². The molecule has 34 heavy (non-hydrogen) atoms. The summed E-state index contributed by atoms with van der Waals surface area (Å²) in [6.45, 7) is 4.07. The van der Waals surface area contributed by atoms with Gasteiger partial charge in [-0.3, -0.25) is 19.3 Å². The zero-order valence-corrected chi connectivity index (χ0v) is 20.9. The third kappa shape index (κ3) is 4.25. The van der Waals surface area contributed by atoms with Crippen LogP contribution in [0.15, 0.2) is 40.7 Å². The van der Waals surface area contributed by atoms with E-state index in [0.717, 1.165) is 63.5 Å². The number of hydrogen-bond donors (Lipinski definition) is 1. The maximum absolute atomic E-state index is 12.9. The van der Waals surface area contributed by atoms with Crippen LogP contribution in [0.3, 0.4) is 0 Å². The van der Waals surface area contributed by atoms with Crippen molar-refractivity contribution >= 4 is 62.4 Å². The van der Waals surface area contributed by atoms with Crippen LogP contribution in [0.25, 0.3) is 10.2 Å². The minimum absolute atomic E-state index is 0.0625. The van der Waals surface area contributed by atoms with E-state index in [-0.39, 0.29) is 35.3 Å². The number of aromatic nitrogens is 1. The van der Waals surface area contributed by atoms with E-state index in [4.69, 9.17) is 0 Å². The van der Waals surface area contributed by atoms with Crippen LogP contribution in [-0.2, 0) is 20.8 Å². The molecule has 0 bridgehead atoms. The monoisotopic (exact) mass is 493 g/mol. The van der Waals surface area contributed by atoms with Crippen molar-refractivity contribution in [1.29, 1.82) is 0 Å². The number of carbonyl (C=O) groups excluding carboxylic acids is 3. The number of thioether (sulfide) groups is 1. The van der Waals surface area contributed by atoms with Crippen molar-refractivity contribution in [2.75, 3.05) is 16.0 Å². The molecule has 1 saturated heterocycles. The number of amides is 3. The van der Waals surface area contributed by atoms with Gasteiger partial charge in [-0.05, 0) is 55.5 Å². The van der Waals surface area contributed by atoms with E-state index in [1.807, 2.05) is 37.3 Å². The molecular weight excluding hydrogens is 466 g/mol. The SMILES string of the molecule is CCc1cccc(C)c1NC(=O)CSc1nc2ccc(N3C(=O)[C@H]4CCCC[C@H]4C3=O)cc2s1. The first kappa shape index (κ1) is 23.1. The number of nitrogens with zero attached hydrogens (tertiary/aromatic N) is 2. The van der Waals surface area contributed by atoms with Crippen LogP contribution in [-0.4, -0.2) is 28.5 Å². The van der Waals surface area contributed by atoms with Gasteiger partial charge in [0.1, 0.15) is 0 Å². The van der Waals surface area contributed by atoms with E-state index in [1.54, 1.807) is 6.07 Å². The molecule has 3 amide bonds. The molecule has 1 N–H and O–H groups in total. The third-order valence-corrected chi connectivity index (χ3v) is 8.94. The maximum atomic E-state index is 12.9. The Morgan fingerprint density at radius 2 is 1.88 bits per heavy atom. The van der Waals surface area contributed by atoms with Gasteiger partial charge in [0.25, 0.3) is 0 Å². The van der Waals surface area contributed by atoms with Gasteiger partial charge in [0.2, 0.25) is 17.7 Å². The summed E-state index contributed by atoms with van der Waals surface area (Å²) < 4.78 is 1.69. The highest BCUT2D eigenvalue weighted by Gasteiger charge is 2.48. The fourth-order valence-electron chi connectivity index (χ4n) is 5.01. The van der Waals surface area contributed by atoms with Crippen molar-refractivity contribution < 1.29 is 14.4 Å². The van der Waals surface area contributed by atoms with Crippen molar-refractivity contribution in [3.63, 3.8) is 0 Å². The number of benzene rings is 2. The van der Waals surface area contributed by atoms with Crippen LogP contribution in [0, 0.1) is 18.8 Å². The first-order valence-corrected chi connectivity index (χ1v) is 13.6. The van der Waals surface area contributed by atoms with Crippen LogP contribution in [0.2, 0.25) is 0 Å². The van der Waals surface area contributed by atoms with Gasteiger partial charge in [-0.1, -0.05) is 49.7 Å². The highest BCUT2D eigenvalue weighted by molar-refractivity contribution is 8.01. The quantitative estimate of drug-likeness (QED) is 0.358. The topological polar surface area (TPSA) is 79.4 Å². The summed E-state index contributed by atoms with van der Waals surface area (Å²) >= 11 is 2.88. The third-order valence-electron chi connectivity index (χ3n) is 6.78. The molecule has 1 aliphatic carbocycles. The lowest BCUT2D eigenvalue weighted by molar-refractivity contribution is -0.122. The zero-order valence-electron chi connectivity index (χ0n) is 19.3. The smallest absolute Gasteiger partial charge is 0.237 e. The lowest BCUT2D eigenvalue weighted by atomic mass is 9.81. The van der Waals surface area contributed by atoms with Crippen LogP contribution in [0.1, 0.15) is 43.7 Å². The highest BCUT2D eigenvalue weighted by Crippen LogP contribution is 2.41.